The van der Waals surface area contributed by atoms with Gasteiger partial charge in [0, 0.05) is 26.2 Å². The number of rotatable bonds is 7. The van der Waals surface area contributed by atoms with Crippen LogP contribution in [0.25, 0.3) is 0 Å². The summed E-state index contributed by atoms with van der Waals surface area (Å²) < 4.78 is 45.6. The molecule has 0 atom stereocenters. The van der Waals surface area contributed by atoms with Gasteiger partial charge in [-0.05, 0) is 50.8 Å². The van der Waals surface area contributed by atoms with Crippen LogP contribution in [0.5, 0.6) is 5.75 Å². The summed E-state index contributed by atoms with van der Waals surface area (Å²) in [4.78, 5) is 18.6. The predicted octanol–water partition coefficient (Wildman–Crippen LogP) is 3.99. The van der Waals surface area contributed by atoms with Crippen LogP contribution >= 0.6 is 24.0 Å². The molecule has 1 N–H and O–H groups in total. The Morgan fingerprint density at radius 2 is 1.83 bits per heavy atom. The molecular formula is C20H29F3IN3O3. The van der Waals surface area contributed by atoms with Crippen molar-refractivity contribution in [2.75, 3.05) is 32.8 Å². The Kier molecular flexibility index (Phi) is 11.3. The summed E-state index contributed by atoms with van der Waals surface area (Å²) in [7, 11) is 0. The molecule has 0 aliphatic carbocycles. The number of nitrogens with zero attached hydrogens (tertiary/aromatic N) is 2. The van der Waals surface area contributed by atoms with Gasteiger partial charge in [-0.15, -0.1) is 37.1 Å². The number of nitrogens with one attached hydrogen (secondary N) is 1. The highest BCUT2D eigenvalue weighted by Crippen LogP contribution is 2.23. The molecule has 0 amide bonds. The van der Waals surface area contributed by atoms with Crippen molar-refractivity contribution < 1.29 is 27.4 Å². The third-order valence-corrected chi connectivity index (χ3v) is 4.57. The molecule has 1 saturated heterocycles. The smallest absolute Gasteiger partial charge is 0.466 e. The summed E-state index contributed by atoms with van der Waals surface area (Å²) in [5.74, 6) is 0.355. The number of benzene rings is 1. The minimum Gasteiger partial charge on any atom is -0.466 e. The van der Waals surface area contributed by atoms with Gasteiger partial charge in [0.15, 0.2) is 5.96 Å². The van der Waals surface area contributed by atoms with Crippen molar-refractivity contribution in [3.05, 3.63) is 29.8 Å². The first kappa shape index (κ1) is 26.3. The first-order valence-corrected chi connectivity index (χ1v) is 9.87. The SMILES string of the molecule is CCNC(=NCCc1ccc(OC(F)(F)F)cc1)N1CCC(C(=O)OCC)CC1.I. The van der Waals surface area contributed by atoms with E-state index in [-0.39, 0.29) is 41.6 Å². The number of halogens is 4. The lowest BCUT2D eigenvalue weighted by Gasteiger charge is -2.33. The summed E-state index contributed by atoms with van der Waals surface area (Å²) >= 11 is 0. The van der Waals surface area contributed by atoms with Crippen molar-refractivity contribution in [3.8, 4) is 5.75 Å². The number of hydrogen-bond acceptors (Lipinski definition) is 4. The van der Waals surface area contributed by atoms with Gasteiger partial charge in [0.2, 0.25) is 0 Å². The second kappa shape index (κ2) is 12.9. The summed E-state index contributed by atoms with van der Waals surface area (Å²) in [5.41, 5.74) is 0.875. The van der Waals surface area contributed by atoms with E-state index in [0.717, 1.165) is 44.0 Å². The Morgan fingerprint density at radius 3 is 2.37 bits per heavy atom. The lowest BCUT2D eigenvalue weighted by atomic mass is 9.97. The number of carbonyl (C=O) groups excluding carboxylic acids is 1. The zero-order valence-electron chi connectivity index (χ0n) is 17.2. The van der Waals surface area contributed by atoms with E-state index in [1.807, 2.05) is 6.92 Å². The molecule has 0 aromatic heterocycles. The molecule has 1 fully saturated rings. The predicted molar refractivity (Wildman–Crippen MR) is 119 cm³/mol. The molecule has 0 unspecified atom stereocenters. The monoisotopic (exact) mass is 543 g/mol. The van der Waals surface area contributed by atoms with Crippen molar-refractivity contribution in [2.45, 2.75) is 39.5 Å². The molecular weight excluding hydrogens is 514 g/mol. The maximum absolute atomic E-state index is 12.2. The van der Waals surface area contributed by atoms with Crippen molar-refractivity contribution >= 4 is 35.9 Å². The summed E-state index contributed by atoms with van der Waals surface area (Å²) in [6.07, 6.45) is -2.64. The van der Waals surface area contributed by atoms with E-state index in [2.05, 4.69) is 19.9 Å². The van der Waals surface area contributed by atoms with Crippen LogP contribution in [0.2, 0.25) is 0 Å². The van der Waals surface area contributed by atoms with E-state index in [4.69, 9.17) is 4.74 Å². The van der Waals surface area contributed by atoms with Crippen LogP contribution in [0.3, 0.4) is 0 Å². The summed E-state index contributed by atoms with van der Waals surface area (Å²) in [5, 5.41) is 3.26. The third-order valence-electron chi connectivity index (χ3n) is 4.57. The fourth-order valence-electron chi connectivity index (χ4n) is 3.16. The Balaban J connectivity index is 0.00000450. The van der Waals surface area contributed by atoms with Crippen LogP contribution in [-0.4, -0.2) is 56.0 Å². The highest BCUT2D eigenvalue weighted by atomic mass is 127. The number of ether oxygens (including phenoxy) is 2. The van der Waals surface area contributed by atoms with E-state index < -0.39 is 6.36 Å². The van der Waals surface area contributed by atoms with Crippen molar-refractivity contribution in [2.24, 2.45) is 10.9 Å². The van der Waals surface area contributed by atoms with E-state index in [1.165, 1.54) is 12.1 Å². The maximum Gasteiger partial charge on any atom is 0.573 e. The zero-order chi connectivity index (χ0) is 21.3. The molecule has 10 heteroatoms. The third kappa shape index (κ3) is 8.97. The van der Waals surface area contributed by atoms with E-state index in [9.17, 15) is 18.0 Å². The average molecular weight is 543 g/mol. The highest BCUT2D eigenvalue weighted by Gasteiger charge is 2.31. The Hall–Kier alpha value is -1.72. The number of hydrogen-bond donors (Lipinski definition) is 1. The van der Waals surface area contributed by atoms with Gasteiger partial charge in [-0.2, -0.15) is 0 Å². The van der Waals surface area contributed by atoms with Gasteiger partial charge in [0.1, 0.15) is 5.75 Å². The molecule has 2 rings (SSSR count). The van der Waals surface area contributed by atoms with Gasteiger partial charge in [0.25, 0.3) is 0 Å². The molecule has 1 aromatic carbocycles. The Bertz CT molecular complexity index is 676. The van der Waals surface area contributed by atoms with Crippen LogP contribution in [-0.2, 0) is 16.0 Å². The number of esters is 1. The number of aliphatic imine (C=N–C) groups is 1. The average Bonchev–Trinajstić information content (AvgIpc) is 2.68. The van der Waals surface area contributed by atoms with Crippen LogP contribution in [0.15, 0.2) is 29.3 Å². The topological polar surface area (TPSA) is 63.2 Å². The van der Waals surface area contributed by atoms with E-state index >= 15 is 0 Å². The normalized spacial score (nSPS) is 15.4. The van der Waals surface area contributed by atoms with Gasteiger partial charge >= 0.3 is 12.3 Å². The van der Waals surface area contributed by atoms with Gasteiger partial charge in [-0.25, -0.2) is 0 Å². The summed E-state index contributed by atoms with van der Waals surface area (Å²) in [6, 6.07) is 5.82. The van der Waals surface area contributed by atoms with Crippen molar-refractivity contribution in [1.29, 1.82) is 0 Å². The molecule has 1 aliphatic rings. The Morgan fingerprint density at radius 1 is 1.20 bits per heavy atom. The molecule has 1 aromatic rings. The molecule has 0 spiro atoms. The highest BCUT2D eigenvalue weighted by molar-refractivity contribution is 14.0. The number of alkyl halides is 3. The van der Waals surface area contributed by atoms with Crippen LogP contribution in [0, 0.1) is 5.92 Å². The fourth-order valence-corrected chi connectivity index (χ4v) is 3.16. The van der Waals surface area contributed by atoms with Crippen molar-refractivity contribution in [3.63, 3.8) is 0 Å². The molecule has 0 bridgehead atoms. The number of likely N-dealkylation sites (tertiary alicyclic amines) is 1. The zero-order valence-corrected chi connectivity index (χ0v) is 19.5. The van der Waals surface area contributed by atoms with Crippen LogP contribution in [0.4, 0.5) is 13.2 Å². The van der Waals surface area contributed by atoms with E-state index in [1.54, 1.807) is 19.1 Å². The van der Waals surface area contributed by atoms with Gasteiger partial charge in [-0.3, -0.25) is 9.79 Å². The minimum atomic E-state index is -4.69. The molecule has 1 aliphatic heterocycles. The number of guanidine groups is 1. The molecule has 170 valence electrons. The van der Waals surface area contributed by atoms with Gasteiger partial charge in [-0.1, -0.05) is 12.1 Å². The second-order valence-corrected chi connectivity index (χ2v) is 6.69. The summed E-state index contributed by atoms with van der Waals surface area (Å²) in [6.45, 7) is 6.85. The largest absolute Gasteiger partial charge is 0.573 e. The number of piperidine rings is 1. The van der Waals surface area contributed by atoms with Gasteiger partial charge in [0.05, 0.1) is 12.5 Å². The lowest BCUT2D eigenvalue weighted by molar-refractivity contribution is -0.274. The van der Waals surface area contributed by atoms with Crippen molar-refractivity contribution in [1.82, 2.24) is 10.2 Å². The van der Waals surface area contributed by atoms with Crippen LogP contribution < -0.4 is 10.1 Å². The maximum atomic E-state index is 12.2. The Labute approximate surface area is 192 Å². The number of carbonyl (C=O) groups is 1. The van der Waals surface area contributed by atoms with Gasteiger partial charge < -0.3 is 19.7 Å². The molecule has 0 radical (unpaired) electrons. The molecule has 6 nitrogen and oxygen atoms in total. The molecule has 30 heavy (non-hydrogen) atoms. The standard InChI is InChI=1S/C20H28F3N3O3.HI/c1-3-24-19(26-13-10-16(11-14-26)18(27)28-4-2)25-12-9-15-5-7-17(8-6-15)29-20(21,22)23;/h5-8,16H,3-4,9-14H2,1-2H3,(H,24,25);1H. The lowest BCUT2D eigenvalue weighted by Crippen LogP contribution is -2.46. The quantitative estimate of drug-likeness (QED) is 0.244. The van der Waals surface area contributed by atoms with Crippen LogP contribution in [0.1, 0.15) is 32.3 Å². The fraction of sp³-hybridized carbons (Fsp3) is 0.600. The minimum absolute atomic E-state index is 0. The first-order chi connectivity index (χ1) is 13.8. The molecule has 1 heterocycles. The second-order valence-electron chi connectivity index (χ2n) is 6.69. The van der Waals surface area contributed by atoms with E-state index in [0.29, 0.717) is 19.6 Å². The molecule has 0 saturated carbocycles. The first-order valence-electron chi connectivity index (χ1n) is 9.87.